The van der Waals surface area contributed by atoms with Gasteiger partial charge in [-0.25, -0.2) is 9.78 Å². The quantitative estimate of drug-likeness (QED) is 0.760. The molecule has 160 valence electrons. The van der Waals surface area contributed by atoms with Gasteiger partial charge in [-0.05, 0) is 44.0 Å². The first-order chi connectivity index (χ1) is 14.6. The van der Waals surface area contributed by atoms with Gasteiger partial charge in [0, 0.05) is 49.7 Å². The molecule has 0 saturated carbocycles. The molecule has 0 radical (unpaired) electrons. The molecule has 0 unspecified atom stereocenters. The summed E-state index contributed by atoms with van der Waals surface area (Å²) in [6.45, 7) is 3.04. The molecule has 2 N–H and O–H groups in total. The maximum atomic E-state index is 13.1. The van der Waals surface area contributed by atoms with E-state index in [2.05, 4.69) is 15.3 Å². The van der Waals surface area contributed by atoms with Gasteiger partial charge in [0.25, 0.3) is 5.56 Å². The summed E-state index contributed by atoms with van der Waals surface area (Å²) >= 11 is 0. The van der Waals surface area contributed by atoms with Crippen LogP contribution in [0.15, 0.2) is 29.1 Å². The van der Waals surface area contributed by atoms with Gasteiger partial charge in [-0.3, -0.25) is 4.79 Å². The molecule has 1 aromatic heterocycles. The van der Waals surface area contributed by atoms with Crippen molar-refractivity contribution in [2.24, 2.45) is 0 Å². The van der Waals surface area contributed by atoms with Gasteiger partial charge in [-0.15, -0.1) is 0 Å². The number of hydrogen-bond donors (Lipinski definition) is 2. The Hall–Kier alpha value is -2.87. The van der Waals surface area contributed by atoms with E-state index in [0.29, 0.717) is 43.9 Å². The molecule has 2 aromatic rings. The number of methoxy groups -OCH3 is 1. The molecule has 4 rings (SSSR count). The molecule has 2 atom stereocenters. The van der Waals surface area contributed by atoms with Crippen molar-refractivity contribution in [2.75, 3.05) is 25.6 Å². The summed E-state index contributed by atoms with van der Waals surface area (Å²) in [4.78, 5) is 35.2. The number of carbonyl (C=O) groups is 1. The number of H-pyrrole nitrogens is 1. The van der Waals surface area contributed by atoms with Crippen LogP contribution in [0.2, 0.25) is 0 Å². The number of urea groups is 1. The maximum Gasteiger partial charge on any atom is 0.322 e. The number of aromatic amines is 1. The summed E-state index contributed by atoms with van der Waals surface area (Å²) in [5.41, 5.74) is 2.16. The summed E-state index contributed by atoms with van der Waals surface area (Å²) in [5, 5.41) is 3.00. The van der Waals surface area contributed by atoms with Crippen molar-refractivity contribution in [3.05, 3.63) is 51.7 Å². The number of ether oxygens (including phenoxy) is 2. The van der Waals surface area contributed by atoms with Crippen LogP contribution in [0.1, 0.15) is 36.8 Å². The highest BCUT2D eigenvalue weighted by Gasteiger charge is 2.41. The highest BCUT2D eigenvalue weighted by Crippen LogP contribution is 2.33. The second-order valence-corrected chi connectivity index (χ2v) is 7.77. The van der Waals surface area contributed by atoms with Crippen molar-refractivity contribution in [3.63, 3.8) is 0 Å². The molecule has 2 bridgehead atoms. The first-order valence-corrected chi connectivity index (χ1v) is 10.5. The number of rotatable bonds is 6. The molecule has 1 aromatic carbocycles. The van der Waals surface area contributed by atoms with Crippen LogP contribution in [0, 0.1) is 0 Å². The Morgan fingerprint density at radius 2 is 1.97 bits per heavy atom. The van der Waals surface area contributed by atoms with Gasteiger partial charge >= 0.3 is 6.03 Å². The van der Waals surface area contributed by atoms with Crippen molar-refractivity contribution < 1.29 is 14.3 Å². The zero-order valence-corrected chi connectivity index (χ0v) is 17.4. The van der Waals surface area contributed by atoms with Crippen LogP contribution in [0.4, 0.5) is 10.5 Å². The monoisotopic (exact) mass is 412 g/mol. The predicted octanol–water partition coefficient (Wildman–Crippen LogP) is 2.52. The lowest BCUT2D eigenvalue weighted by molar-refractivity contribution is 0.187. The third-order valence-corrected chi connectivity index (χ3v) is 5.83. The SMILES string of the molecule is CCOc1ccc(NC(=O)N2[C@@H]3CC[C@H]2Cc2nc(CCOC)[nH]c(=O)c2C3)cc1. The van der Waals surface area contributed by atoms with Crippen LogP contribution in [0.5, 0.6) is 5.75 Å². The molecule has 2 aliphatic rings. The molecule has 2 aliphatic heterocycles. The average molecular weight is 412 g/mol. The summed E-state index contributed by atoms with van der Waals surface area (Å²) < 4.78 is 10.6. The van der Waals surface area contributed by atoms with Crippen LogP contribution < -0.4 is 15.6 Å². The third-order valence-electron chi connectivity index (χ3n) is 5.83. The molecule has 2 amide bonds. The molecule has 8 nitrogen and oxygen atoms in total. The van der Waals surface area contributed by atoms with Gasteiger partial charge in [-0.1, -0.05) is 0 Å². The number of hydrogen-bond acceptors (Lipinski definition) is 5. The molecule has 1 saturated heterocycles. The number of carbonyl (C=O) groups excluding carboxylic acids is 1. The zero-order chi connectivity index (χ0) is 21.1. The number of anilines is 1. The molecular weight excluding hydrogens is 384 g/mol. The number of nitrogens with one attached hydrogen (secondary N) is 2. The van der Waals surface area contributed by atoms with Crippen LogP contribution >= 0.6 is 0 Å². The molecule has 8 heteroatoms. The van der Waals surface area contributed by atoms with E-state index < -0.39 is 0 Å². The second-order valence-electron chi connectivity index (χ2n) is 7.77. The lowest BCUT2D eigenvalue weighted by Crippen LogP contribution is -2.44. The summed E-state index contributed by atoms with van der Waals surface area (Å²) in [5.74, 6) is 1.42. The molecule has 1 fully saturated rings. The Labute approximate surface area is 175 Å². The summed E-state index contributed by atoms with van der Waals surface area (Å²) in [6.07, 6.45) is 3.52. The Kier molecular flexibility index (Phi) is 6.03. The van der Waals surface area contributed by atoms with Crippen molar-refractivity contribution >= 4 is 11.7 Å². The van der Waals surface area contributed by atoms with E-state index in [1.165, 1.54) is 0 Å². The van der Waals surface area contributed by atoms with Gasteiger partial charge in [0.1, 0.15) is 11.6 Å². The standard InChI is InChI=1S/C22H28N4O4/c1-3-30-17-8-4-14(5-9-17)23-22(28)26-15-6-7-16(26)13-19-18(12-15)21(27)25-20(24-19)10-11-29-2/h4-5,8-9,15-16H,3,6-7,10-13H2,1-2H3,(H,23,28)(H,24,25,27)/t15-,16+/m1/s1. The largest absolute Gasteiger partial charge is 0.494 e. The number of amides is 2. The van der Waals surface area contributed by atoms with Crippen molar-refractivity contribution in [2.45, 2.75) is 51.1 Å². The van der Waals surface area contributed by atoms with E-state index in [4.69, 9.17) is 9.47 Å². The first-order valence-electron chi connectivity index (χ1n) is 10.5. The Morgan fingerprint density at radius 1 is 1.23 bits per heavy atom. The second kappa shape index (κ2) is 8.87. The minimum absolute atomic E-state index is 0.00618. The zero-order valence-electron chi connectivity index (χ0n) is 17.4. The van der Waals surface area contributed by atoms with Crippen LogP contribution in [-0.2, 0) is 24.0 Å². The van der Waals surface area contributed by atoms with Crippen molar-refractivity contribution in [1.29, 1.82) is 0 Å². The number of fused-ring (bicyclic) bond motifs is 3. The van der Waals surface area contributed by atoms with Crippen LogP contribution in [0.3, 0.4) is 0 Å². The van der Waals surface area contributed by atoms with Gasteiger partial charge in [0.2, 0.25) is 0 Å². The fourth-order valence-corrected chi connectivity index (χ4v) is 4.43. The number of nitrogens with zero attached hydrogens (tertiary/aromatic N) is 2. The molecule has 30 heavy (non-hydrogen) atoms. The Morgan fingerprint density at radius 3 is 2.67 bits per heavy atom. The predicted molar refractivity (Wildman–Crippen MR) is 113 cm³/mol. The number of aromatic nitrogens is 2. The lowest BCUT2D eigenvalue weighted by atomic mass is 9.98. The minimum atomic E-state index is -0.129. The van der Waals surface area contributed by atoms with Gasteiger partial charge in [0.15, 0.2) is 0 Å². The van der Waals surface area contributed by atoms with Crippen molar-refractivity contribution in [3.8, 4) is 5.75 Å². The topological polar surface area (TPSA) is 96.5 Å². The normalized spacial score (nSPS) is 19.9. The molecule has 0 aliphatic carbocycles. The summed E-state index contributed by atoms with van der Waals surface area (Å²) in [7, 11) is 1.63. The third kappa shape index (κ3) is 4.18. The van der Waals surface area contributed by atoms with E-state index >= 15 is 0 Å². The van der Waals surface area contributed by atoms with Crippen molar-refractivity contribution in [1.82, 2.24) is 14.9 Å². The average Bonchev–Trinajstić information content (AvgIpc) is 3.03. The molecule has 0 spiro atoms. The summed E-state index contributed by atoms with van der Waals surface area (Å²) in [6, 6.07) is 7.29. The molecule has 3 heterocycles. The molecular formula is C22H28N4O4. The van der Waals surface area contributed by atoms with Gasteiger partial charge in [0.05, 0.1) is 18.9 Å². The minimum Gasteiger partial charge on any atom is -0.494 e. The Bertz CT molecular complexity index is 957. The van der Waals surface area contributed by atoms with E-state index in [9.17, 15) is 9.59 Å². The van der Waals surface area contributed by atoms with Gasteiger partial charge in [-0.2, -0.15) is 0 Å². The number of benzene rings is 1. The van der Waals surface area contributed by atoms with E-state index in [-0.39, 0.29) is 23.7 Å². The van der Waals surface area contributed by atoms with Gasteiger partial charge < -0.3 is 24.7 Å². The van der Waals surface area contributed by atoms with E-state index in [1.807, 2.05) is 36.1 Å². The first kappa shape index (κ1) is 20.4. The van der Waals surface area contributed by atoms with Crippen LogP contribution in [-0.4, -0.2) is 53.3 Å². The van der Waals surface area contributed by atoms with E-state index in [0.717, 1.165) is 30.0 Å². The fourth-order valence-electron chi connectivity index (χ4n) is 4.43. The smallest absolute Gasteiger partial charge is 0.322 e. The highest BCUT2D eigenvalue weighted by molar-refractivity contribution is 5.90. The Balaban J connectivity index is 1.51. The lowest BCUT2D eigenvalue weighted by Gasteiger charge is -2.28. The fraction of sp³-hybridized carbons (Fsp3) is 0.500. The highest BCUT2D eigenvalue weighted by atomic mass is 16.5. The van der Waals surface area contributed by atoms with Crippen LogP contribution in [0.25, 0.3) is 0 Å². The van der Waals surface area contributed by atoms with E-state index in [1.54, 1.807) is 7.11 Å². The maximum absolute atomic E-state index is 13.1.